The second-order valence-electron chi connectivity index (χ2n) is 4.61. The Balaban J connectivity index is 2.06. The van der Waals surface area contributed by atoms with Crippen LogP contribution in [0.15, 0.2) is 5.11 Å². The first-order valence-electron chi connectivity index (χ1n) is 6.68. The molecule has 108 valence electrons. The number of rotatable bonds is 10. The second kappa shape index (κ2) is 9.57. The molecule has 8 heteroatoms. The van der Waals surface area contributed by atoms with Crippen LogP contribution >= 0.6 is 0 Å². The third-order valence-electron chi connectivity index (χ3n) is 3.06. The number of hydrogen-bond donors (Lipinski definition) is 3. The molecule has 1 aliphatic rings. The van der Waals surface area contributed by atoms with E-state index in [2.05, 4.69) is 20.7 Å². The molecule has 0 bridgehead atoms. The Labute approximate surface area is 113 Å². The minimum absolute atomic E-state index is 0.154. The van der Waals surface area contributed by atoms with Gasteiger partial charge in [0.05, 0.1) is 0 Å². The highest BCUT2D eigenvalue weighted by atomic mass is 16.2. The van der Waals surface area contributed by atoms with Gasteiger partial charge >= 0.3 is 0 Å². The summed E-state index contributed by atoms with van der Waals surface area (Å²) < 4.78 is 0. The van der Waals surface area contributed by atoms with Crippen LogP contribution in [0.25, 0.3) is 10.4 Å². The van der Waals surface area contributed by atoms with E-state index in [0.29, 0.717) is 32.6 Å². The lowest BCUT2D eigenvalue weighted by atomic mass is 10.1. The van der Waals surface area contributed by atoms with Crippen molar-refractivity contribution in [1.82, 2.24) is 15.5 Å². The largest absolute Gasteiger partial charge is 0.341 e. The fourth-order valence-corrected chi connectivity index (χ4v) is 2.09. The zero-order valence-electron chi connectivity index (χ0n) is 11.2. The molecule has 0 aromatic heterocycles. The van der Waals surface area contributed by atoms with Gasteiger partial charge in [0.15, 0.2) is 0 Å². The molecular weight excluding hydrogens is 246 g/mol. The van der Waals surface area contributed by atoms with Gasteiger partial charge in [-0.2, -0.15) is 0 Å². The maximum atomic E-state index is 11.7. The zero-order valence-corrected chi connectivity index (χ0v) is 11.2. The maximum Gasteiger partial charge on any atom is 0.222 e. The molecule has 0 aromatic carbocycles. The highest BCUT2D eigenvalue weighted by Crippen LogP contribution is 2.17. The van der Waals surface area contributed by atoms with Crippen molar-refractivity contribution >= 4 is 5.91 Å². The Morgan fingerprint density at radius 1 is 1.37 bits per heavy atom. The van der Waals surface area contributed by atoms with Crippen LogP contribution in [0.3, 0.4) is 0 Å². The number of carbonyl (C=O) groups is 1. The quantitative estimate of drug-likeness (QED) is 0.210. The topological polar surface area (TPSA) is 119 Å². The standard InChI is InChI=1S/C11H23N7O/c12-1-2-14-3-4-15-5-6-18-9-10(7-11(18)19)8-16-17-13/h10,14-15H,1-9,12H2. The van der Waals surface area contributed by atoms with Crippen LogP contribution < -0.4 is 16.4 Å². The van der Waals surface area contributed by atoms with Gasteiger partial charge in [-0.25, -0.2) is 0 Å². The average Bonchev–Trinajstić information content (AvgIpc) is 2.76. The highest BCUT2D eigenvalue weighted by molar-refractivity contribution is 5.78. The lowest BCUT2D eigenvalue weighted by Crippen LogP contribution is -2.36. The normalized spacial score (nSPS) is 18.7. The van der Waals surface area contributed by atoms with Crippen molar-refractivity contribution in [2.45, 2.75) is 6.42 Å². The molecule has 1 atom stereocenters. The van der Waals surface area contributed by atoms with E-state index in [1.54, 1.807) is 0 Å². The van der Waals surface area contributed by atoms with Crippen molar-refractivity contribution in [2.75, 3.05) is 52.4 Å². The van der Waals surface area contributed by atoms with E-state index in [9.17, 15) is 4.79 Å². The summed E-state index contributed by atoms with van der Waals surface area (Å²) in [5.41, 5.74) is 13.6. The molecule has 0 spiro atoms. The molecule has 1 fully saturated rings. The zero-order chi connectivity index (χ0) is 13.9. The molecule has 1 heterocycles. The predicted octanol–water partition coefficient (Wildman–Crippen LogP) is -0.717. The van der Waals surface area contributed by atoms with Crippen molar-refractivity contribution in [1.29, 1.82) is 0 Å². The Hall–Kier alpha value is -1.34. The minimum atomic E-state index is 0.154. The number of likely N-dealkylation sites (tertiary alicyclic amines) is 1. The number of azide groups is 1. The summed E-state index contributed by atoms with van der Waals surface area (Å²) in [6.07, 6.45) is 0.497. The fourth-order valence-electron chi connectivity index (χ4n) is 2.09. The summed E-state index contributed by atoms with van der Waals surface area (Å²) >= 11 is 0. The van der Waals surface area contributed by atoms with Gasteiger partial charge in [-0.05, 0) is 11.4 Å². The van der Waals surface area contributed by atoms with Crippen LogP contribution in [0.5, 0.6) is 0 Å². The Morgan fingerprint density at radius 2 is 2.11 bits per heavy atom. The lowest BCUT2D eigenvalue weighted by Gasteiger charge is -2.16. The van der Waals surface area contributed by atoms with Gasteiger partial charge in [-0.15, -0.1) is 0 Å². The van der Waals surface area contributed by atoms with E-state index >= 15 is 0 Å². The van der Waals surface area contributed by atoms with E-state index in [1.807, 2.05) is 4.90 Å². The third-order valence-corrected chi connectivity index (χ3v) is 3.06. The molecule has 0 radical (unpaired) electrons. The third kappa shape index (κ3) is 6.40. The molecule has 1 aliphatic heterocycles. The van der Waals surface area contributed by atoms with Gasteiger partial charge in [-0.1, -0.05) is 5.11 Å². The van der Waals surface area contributed by atoms with Crippen LogP contribution in [0.2, 0.25) is 0 Å². The number of hydrogen-bond acceptors (Lipinski definition) is 5. The van der Waals surface area contributed by atoms with Gasteiger partial charge < -0.3 is 21.3 Å². The van der Waals surface area contributed by atoms with Crippen LogP contribution in [0.1, 0.15) is 6.42 Å². The summed E-state index contributed by atoms with van der Waals surface area (Å²) in [5, 5.41) is 9.99. The minimum Gasteiger partial charge on any atom is -0.341 e. The fraction of sp³-hybridized carbons (Fsp3) is 0.909. The predicted molar refractivity (Wildman–Crippen MR) is 73.5 cm³/mol. The summed E-state index contributed by atoms with van der Waals surface area (Å²) in [5.74, 6) is 0.329. The number of nitrogens with zero attached hydrogens (tertiary/aromatic N) is 4. The Kier molecular flexibility index (Phi) is 7.92. The summed E-state index contributed by atoms with van der Waals surface area (Å²) in [6, 6.07) is 0. The first-order chi connectivity index (χ1) is 9.27. The van der Waals surface area contributed by atoms with Crippen molar-refractivity contribution in [3.05, 3.63) is 10.4 Å². The Morgan fingerprint density at radius 3 is 2.79 bits per heavy atom. The van der Waals surface area contributed by atoms with Crippen molar-refractivity contribution in [2.24, 2.45) is 16.8 Å². The molecule has 8 nitrogen and oxygen atoms in total. The molecule has 1 amide bonds. The summed E-state index contributed by atoms with van der Waals surface area (Å²) in [4.78, 5) is 16.2. The number of nitrogens with two attached hydrogens (primary N) is 1. The molecular formula is C11H23N7O. The number of amides is 1. The monoisotopic (exact) mass is 269 g/mol. The molecule has 0 saturated carbocycles. The maximum absolute atomic E-state index is 11.7. The molecule has 0 aromatic rings. The summed E-state index contributed by atoms with van der Waals surface area (Å²) in [6.45, 7) is 5.82. The summed E-state index contributed by atoms with van der Waals surface area (Å²) in [7, 11) is 0. The second-order valence-corrected chi connectivity index (χ2v) is 4.61. The van der Waals surface area contributed by atoms with E-state index in [4.69, 9.17) is 11.3 Å². The van der Waals surface area contributed by atoms with Crippen LogP contribution in [-0.2, 0) is 4.79 Å². The van der Waals surface area contributed by atoms with Gasteiger partial charge in [0, 0.05) is 63.7 Å². The molecule has 0 aliphatic carbocycles. The molecule has 4 N–H and O–H groups in total. The van der Waals surface area contributed by atoms with Crippen LogP contribution in [0.4, 0.5) is 0 Å². The van der Waals surface area contributed by atoms with Crippen molar-refractivity contribution in [3.8, 4) is 0 Å². The average molecular weight is 269 g/mol. The van der Waals surface area contributed by atoms with Crippen molar-refractivity contribution < 1.29 is 4.79 Å². The van der Waals surface area contributed by atoms with Gasteiger partial charge in [0.1, 0.15) is 0 Å². The van der Waals surface area contributed by atoms with Gasteiger partial charge in [0.2, 0.25) is 5.91 Å². The molecule has 1 saturated heterocycles. The molecule has 1 unspecified atom stereocenters. The SMILES string of the molecule is [N-]=[N+]=NCC1CC(=O)N(CCNCCNCCN)C1. The van der Waals surface area contributed by atoms with Crippen molar-refractivity contribution in [3.63, 3.8) is 0 Å². The van der Waals surface area contributed by atoms with Crippen LogP contribution in [0, 0.1) is 5.92 Å². The molecule has 19 heavy (non-hydrogen) atoms. The van der Waals surface area contributed by atoms with Crippen LogP contribution in [-0.4, -0.2) is 63.2 Å². The van der Waals surface area contributed by atoms with E-state index in [1.165, 1.54) is 0 Å². The van der Waals surface area contributed by atoms with E-state index in [-0.39, 0.29) is 11.8 Å². The lowest BCUT2D eigenvalue weighted by molar-refractivity contribution is -0.127. The Bertz CT molecular complexity index is 316. The highest BCUT2D eigenvalue weighted by Gasteiger charge is 2.28. The molecule has 1 rings (SSSR count). The van der Waals surface area contributed by atoms with E-state index < -0.39 is 0 Å². The number of nitrogens with one attached hydrogen (secondary N) is 2. The smallest absolute Gasteiger partial charge is 0.222 e. The van der Waals surface area contributed by atoms with E-state index in [0.717, 1.165) is 26.2 Å². The van der Waals surface area contributed by atoms with Gasteiger partial charge in [-0.3, -0.25) is 4.79 Å². The first-order valence-corrected chi connectivity index (χ1v) is 6.68. The first kappa shape index (κ1) is 15.7. The number of carbonyl (C=O) groups excluding carboxylic acids is 1. The van der Waals surface area contributed by atoms with Gasteiger partial charge in [0.25, 0.3) is 0 Å².